The summed E-state index contributed by atoms with van der Waals surface area (Å²) in [4.78, 5) is 0.243. The van der Waals surface area contributed by atoms with Crippen LogP contribution in [0.2, 0.25) is 0 Å². The average Bonchev–Trinajstić information content (AvgIpc) is 2.47. The molecule has 0 bridgehead atoms. The molecule has 0 saturated heterocycles. The number of hydrogen-bond acceptors (Lipinski definition) is 3. The fraction of sp³-hybridized carbons (Fsp3) is 0.200. The molecule has 2 N–H and O–H groups in total. The Morgan fingerprint density at radius 2 is 1.95 bits per heavy atom. The highest BCUT2D eigenvalue weighted by molar-refractivity contribution is 9.10. The third kappa shape index (κ3) is 3.28. The van der Waals surface area contributed by atoms with E-state index in [4.69, 9.17) is 0 Å². The lowest BCUT2D eigenvalue weighted by atomic mass is 10.0. The zero-order valence-electron chi connectivity index (χ0n) is 11.3. The predicted octanol–water partition coefficient (Wildman–Crippen LogP) is 2.90. The molecule has 21 heavy (non-hydrogen) atoms. The summed E-state index contributed by atoms with van der Waals surface area (Å²) in [5.41, 5.74) is 3.02. The zero-order chi connectivity index (χ0) is 14.9. The number of hydrogen-bond donors (Lipinski definition) is 2. The molecule has 2 aromatic carbocycles. The Labute approximate surface area is 132 Å². The van der Waals surface area contributed by atoms with Crippen molar-refractivity contribution in [2.75, 3.05) is 11.3 Å². The molecule has 110 valence electrons. The van der Waals surface area contributed by atoms with Crippen LogP contribution in [0.3, 0.4) is 0 Å². The van der Waals surface area contributed by atoms with E-state index < -0.39 is 10.0 Å². The summed E-state index contributed by atoms with van der Waals surface area (Å²) in [7, 11) is -3.56. The van der Waals surface area contributed by atoms with Crippen LogP contribution in [0.1, 0.15) is 11.1 Å². The minimum absolute atomic E-state index is 0.243. The van der Waals surface area contributed by atoms with Gasteiger partial charge in [0.25, 0.3) is 10.0 Å². The van der Waals surface area contributed by atoms with Gasteiger partial charge in [-0.2, -0.15) is 0 Å². The highest BCUT2D eigenvalue weighted by atomic mass is 79.9. The second-order valence-corrected chi connectivity index (χ2v) is 7.57. The fourth-order valence-electron chi connectivity index (χ4n) is 2.39. The van der Waals surface area contributed by atoms with Crippen molar-refractivity contribution in [1.29, 1.82) is 0 Å². The molecule has 6 heteroatoms. The predicted molar refractivity (Wildman–Crippen MR) is 86.8 cm³/mol. The number of nitrogens with one attached hydrogen (secondary N) is 2. The van der Waals surface area contributed by atoms with E-state index in [0.29, 0.717) is 5.69 Å². The Morgan fingerprint density at radius 1 is 1.10 bits per heavy atom. The van der Waals surface area contributed by atoms with Crippen molar-refractivity contribution < 1.29 is 8.42 Å². The molecule has 0 spiro atoms. The van der Waals surface area contributed by atoms with Crippen LogP contribution < -0.4 is 10.0 Å². The summed E-state index contributed by atoms with van der Waals surface area (Å²) >= 11 is 3.29. The van der Waals surface area contributed by atoms with Crippen molar-refractivity contribution in [1.82, 2.24) is 5.32 Å². The van der Waals surface area contributed by atoms with E-state index in [2.05, 4.69) is 26.0 Å². The summed E-state index contributed by atoms with van der Waals surface area (Å²) in [6, 6.07) is 12.4. The minimum atomic E-state index is -3.56. The van der Waals surface area contributed by atoms with Gasteiger partial charge in [0.1, 0.15) is 0 Å². The quantitative estimate of drug-likeness (QED) is 0.877. The number of fused-ring (bicyclic) bond motifs is 1. The van der Waals surface area contributed by atoms with Crippen LogP contribution in [-0.2, 0) is 23.0 Å². The lowest BCUT2D eigenvalue weighted by Gasteiger charge is -2.18. The highest BCUT2D eigenvalue weighted by Crippen LogP contribution is 2.23. The maximum Gasteiger partial charge on any atom is 0.261 e. The largest absolute Gasteiger partial charge is 0.312 e. The third-order valence-corrected chi connectivity index (χ3v) is 5.32. The van der Waals surface area contributed by atoms with Gasteiger partial charge in [-0.3, -0.25) is 4.72 Å². The first-order valence-corrected chi connectivity index (χ1v) is 8.93. The van der Waals surface area contributed by atoms with Crippen LogP contribution in [0, 0.1) is 0 Å². The van der Waals surface area contributed by atoms with Crippen LogP contribution in [0.25, 0.3) is 0 Å². The Morgan fingerprint density at radius 3 is 2.76 bits per heavy atom. The van der Waals surface area contributed by atoms with Crippen molar-refractivity contribution in [3.8, 4) is 0 Å². The maximum absolute atomic E-state index is 12.4. The first-order valence-electron chi connectivity index (χ1n) is 6.65. The van der Waals surface area contributed by atoms with E-state index >= 15 is 0 Å². The fourth-order valence-corrected chi connectivity index (χ4v) is 4.04. The molecule has 0 radical (unpaired) electrons. The molecule has 0 aliphatic carbocycles. The van der Waals surface area contributed by atoms with Crippen molar-refractivity contribution in [2.24, 2.45) is 0 Å². The van der Waals surface area contributed by atoms with Crippen LogP contribution in [0.4, 0.5) is 5.69 Å². The number of rotatable bonds is 3. The third-order valence-electron chi connectivity index (χ3n) is 3.45. The Hall–Kier alpha value is -1.37. The van der Waals surface area contributed by atoms with Crippen molar-refractivity contribution >= 4 is 31.6 Å². The van der Waals surface area contributed by atoms with Gasteiger partial charge in [-0.25, -0.2) is 8.42 Å². The molecule has 2 aromatic rings. The standard InChI is InChI=1S/C15H15BrN2O2S/c16-13-2-1-3-15(9-13)21(19,20)18-14-5-4-11-6-7-17-10-12(11)8-14/h1-5,8-9,17-18H,6-7,10H2. The number of sulfonamides is 1. The molecule has 4 nitrogen and oxygen atoms in total. The van der Waals surface area contributed by atoms with E-state index in [1.165, 1.54) is 5.56 Å². The van der Waals surface area contributed by atoms with Crippen LogP contribution in [0.5, 0.6) is 0 Å². The Kier molecular flexibility index (Phi) is 4.01. The molecule has 1 heterocycles. The molecular formula is C15H15BrN2O2S. The molecule has 0 atom stereocenters. The lowest BCUT2D eigenvalue weighted by Crippen LogP contribution is -2.23. The first-order chi connectivity index (χ1) is 10.0. The van der Waals surface area contributed by atoms with E-state index in [1.54, 1.807) is 24.3 Å². The summed E-state index contributed by atoms with van der Waals surface area (Å²) in [5, 5.41) is 3.29. The van der Waals surface area contributed by atoms with Gasteiger partial charge >= 0.3 is 0 Å². The van der Waals surface area contributed by atoms with Gasteiger partial charge in [0.2, 0.25) is 0 Å². The molecule has 1 aliphatic rings. The summed E-state index contributed by atoms with van der Waals surface area (Å²) in [6.07, 6.45) is 0.980. The highest BCUT2D eigenvalue weighted by Gasteiger charge is 2.16. The average molecular weight is 367 g/mol. The summed E-state index contributed by atoms with van der Waals surface area (Å²) in [5.74, 6) is 0. The molecule has 0 fully saturated rings. The number of benzene rings is 2. The van der Waals surface area contributed by atoms with Gasteiger partial charge in [0, 0.05) is 16.7 Å². The normalized spacial score (nSPS) is 14.5. The van der Waals surface area contributed by atoms with E-state index in [1.807, 2.05) is 18.2 Å². The number of anilines is 1. The van der Waals surface area contributed by atoms with Crippen molar-refractivity contribution in [3.05, 3.63) is 58.1 Å². The topological polar surface area (TPSA) is 58.2 Å². The van der Waals surface area contributed by atoms with E-state index in [9.17, 15) is 8.42 Å². The molecule has 3 rings (SSSR count). The van der Waals surface area contributed by atoms with Gasteiger partial charge in [0.05, 0.1) is 4.90 Å². The van der Waals surface area contributed by atoms with Gasteiger partial charge in [-0.15, -0.1) is 0 Å². The maximum atomic E-state index is 12.4. The van der Waals surface area contributed by atoms with Crippen molar-refractivity contribution in [3.63, 3.8) is 0 Å². The van der Waals surface area contributed by atoms with Gasteiger partial charge in [-0.1, -0.05) is 28.1 Å². The summed E-state index contributed by atoms with van der Waals surface area (Å²) < 4.78 is 28.1. The first kappa shape index (κ1) is 14.6. The minimum Gasteiger partial charge on any atom is -0.312 e. The smallest absolute Gasteiger partial charge is 0.261 e. The zero-order valence-corrected chi connectivity index (χ0v) is 13.7. The molecule has 0 amide bonds. The van der Waals surface area contributed by atoms with E-state index in [0.717, 1.165) is 29.5 Å². The van der Waals surface area contributed by atoms with Gasteiger partial charge in [0.15, 0.2) is 0 Å². The van der Waals surface area contributed by atoms with Crippen LogP contribution >= 0.6 is 15.9 Å². The van der Waals surface area contributed by atoms with Gasteiger partial charge < -0.3 is 5.32 Å². The summed E-state index contributed by atoms with van der Waals surface area (Å²) in [6.45, 7) is 1.75. The second kappa shape index (κ2) is 5.79. The molecule has 0 saturated carbocycles. The molecular weight excluding hydrogens is 352 g/mol. The molecule has 0 unspecified atom stereocenters. The van der Waals surface area contributed by atoms with E-state index in [-0.39, 0.29) is 4.90 Å². The SMILES string of the molecule is O=S(=O)(Nc1ccc2c(c1)CNCC2)c1cccc(Br)c1. The van der Waals surface area contributed by atoms with Gasteiger partial charge in [-0.05, 0) is 54.4 Å². The number of halogens is 1. The lowest BCUT2D eigenvalue weighted by molar-refractivity contribution is 0.601. The second-order valence-electron chi connectivity index (χ2n) is 4.97. The molecule has 1 aliphatic heterocycles. The van der Waals surface area contributed by atoms with Crippen LogP contribution in [-0.4, -0.2) is 15.0 Å². The Bertz CT molecular complexity index is 775. The van der Waals surface area contributed by atoms with Crippen molar-refractivity contribution in [2.45, 2.75) is 17.9 Å². The molecule has 0 aromatic heterocycles. The monoisotopic (exact) mass is 366 g/mol. The van der Waals surface area contributed by atoms with Crippen LogP contribution in [0.15, 0.2) is 51.8 Å². The Balaban J connectivity index is 1.89.